The maximum absolute atomic E-state index is 12.6. The molecule has 2 aromatic carbocycles. The Morgan fingerprint density at radius 3 is 2.12 bits per heavy atom. The third kappa shape index (κ3) is 6.44. The van der Waals surface area contributed by atoms with Crippen LogP contribution in [0.15, 0.2) is 53.4 Å². The Morgan fingerprint density at radius 2 is 1.53 bits per heavy atom. The first kappa shape index (κ1) is 24.0. The Kier molecular flexibility index (Phi) is 7.75. The second kappa shape index (κ2) is 10.3. The van der Waals surface area contributed by atoms with Gasteiger partial charge in [-0.25, -0.2) is 13.2 Å². The van der Waals surface area contributed by atoms with Gasteiger partial charge < -0.3 is 15.4 Å². The van der Waals surface area contributed by atoms with Crippen molar-refractivity contribution in [3.63, 3.8) is 0 Å². The molecule has 2 aromatic rings. The third-order valence-corrected chi connectivity index (χ3v) is 6.88. The number of nitrogens with one attached hydrogen (secondary N) is 2. The van der Waals surface area contributed by atoms with Gasteiger partial charge in [0.15, 0.2) is 0 Å². The van der Waals surface area contributed by atoms with Gasteiger partial charge in [0.25, 0.3) is 0 Å². The van der Waals surface area contributed by atoms with E-state index < -0.39 is 27.8 Å². The molecule has 1 aliphatic heterocycles. The first-order valence-corrected chi connectivity index (χ1v) is 11.4. The number of ether oxygens (including phenoxy) is 1. The van der Waals surface area contributed by atoms with Crippen LogP contribution in [0.3, 0.4) is 0 Å². The van der Waals surface area contributed by atoms with Gasteiger partial charge in [-0.05, 0) is 41.8 Å². The van der Waals surface area contributed by atoms with E-state index in [4.69, 9.17) is 4.74 Å². The molecular formula is C21H24F3N3O4S. The summed E-state index contributed by atoms with van der Waals surface area (Å²) in [5, 5.41) is 5.30. The number of carbonyl (C=O) groups is 1. The average Bonchev–Trinajstić information content (AvgIpc) is 2.78. The highest BCUT2D eigenvalue weighted by atomic mass is 32.2. The normalized spacial score (nSPS) is 15.3. The van der Waals surface area contributed by atoms with Crippen LogP contribution in [0.1, 0.15) is 16.7 Å². The molecule has 0 unspecified atom stereocenters. The number of hydrogen-bond donors (Lipinski definition) is 2. The van der Waals surface area contributed by atoms with E-state index in [9.17, 15) is 26.4 Å². The van der Waals surface area contributed by atoms with Crippen LogP contribution in [0.2, 0.25) is 0 Å². The smallest absolute Gasteiger partial charge is 0.379 e. The lowest BCUT2D eigenvalue weighted by Crippen LogP contribution is -2.40. The van der Waals surface area contributed by atoms with Crippen LogP contribution in [0, 0.1) is 0 Å². The van der Waals surface area contributed by atoms with Crippen molar-refractivity contribution in [3.05, 3.63) is 65.2 Å². The first-order valence-electron chi connectivity index (χ1n) is 10.0. The Labute approximate surface area is 184 Å². The number of halogens is 3. The molecule has 7 nitrogen and oxygen atoms in total. The lowest BCUT2D eigenvalue weighted by molar-refractivity contribution is -0.137. The molecule has 2 amide bonds. The molecule has 2 N–H and O–H groups in total. The van der Waals surface area contributed by atoms with Crippen LogP contribution in [-0.4, -0.2) is 51.6 Å². The van der Waals surface area contributed by atoms with Crippen molar-refractivity contribution in [2.24, 2.45) is 0 Å². The Bertz CT molecular complexity index is 1000. The quantitative estimate of drug-likeness (QED) is 0.650. The maximum atomic E-state index is 12.6. The summed E-state index contributed by atoms with van der Waals surface area (Å²) in [6, 6.07) is 10.6. The van der Waals surface area contributed by atoms with Crippen LogP contribution in [0.4, 0.5) is 18.0 Å². The zero-order valence-corrected chi connectivity index (χ0v) is 18.0. The molecule has 11 heteroatoms. The number of urea groups is 1. The van der Waals surface area contributed by atoms with Crippen molar-refractivity contribution in [1.82, 2.24) is 14.9 Å². The first-order chi connectivity index (χ1) is 15.2. The lowest BCUT2D eigenvalue weighted by atomic mass is 10.1. The van der Waals surface area contributed by atoms with Gasteiger partial charge >= 0.3 is 12.2 Å². The highest BCUT2D eigenvalue weighted by molar-refractivity contribution is 7.89. The van der Waals surface area contributed by atoms with Gasteiger partial charge in [0.05, 0.1) is 23.7 Å². The molecule has 0 saturated carbocycles. The standard InChI is InChI=1S/C21H24F3N3O4S/c22-21(23,24)18-5-1-16(2-6-18)9-10-25-20(28)26-15-17-3-7-19(8-4-17)32(29,30)27-11-13-31-14-12-27/h1-8H,9-15H2,(H2,25,26,28). The van der Waals surface area contributed by atoms with Crippen molar-refractivity contribution in [1.29, 1.82) is 0 Å². The molecule has 0 atom stereocenters. The molecule has 174 valence electrons. The molecule has 0 bridgehead atoms. The maximum Gasteiger partial charge on any atom is 0.416 e. The number of alkyl halides is 3. The number of carbonyl (C=O) groups excluding carboxylic acids is 1. The molecule has 1 fully saturated rings. The van der Waals surface area contributed by atoms with Crippen molar-refractivity contribution in [2.75, 3.05) is 32.8 Å². The summed E-state index contributed by atoms with van der Waals surface area (Å²) in [5.74, 6) is 0. The zero-order chi connectivity index (χ0) is 23.2. The minimum absolute atomic E-state index is 0.184. The highest BCUT2D eigenvalue weighted by Gasteiger charge is 2.30. The molecule has 1 heterocycles. The highest BCUT2D eigenvalue weighted by Crippen LogP contribution is 2.29. The number of rotatable bonds is 7. The Morgan fingerprint density at radius 1 is 0.938 bits per heavy atom. The summed E-state index contributed by atoms with van der Waals surface area (Å²) in [6.07, 6.45) is -3.98. The molecular weight excluding hydrogens is 447 g/mol. The van der Waals surface area contributed by atoms with E-state index in [1.54, 1.807) is 12.1 Å². The molecule has 0 spiro atoms. The fraction of sp³-hybridized carbons (Fsp3) is 0.381. The van der Waals surface area contributed by atoms with E-state index >= 15 is 0 Å². The average molecular weight is 472 g/mol. The van der Waals surface area contributed by atoms with E-state index in [0.717, 1.165) is 17.7 Å². The summed E-state index contributed by atoms with van der Waals surface area (Å²) >= 11 is 0. The Hall–Kier alpha value is -2.63. The summed E-state index contributed by atoms with van der Waals surface area (Å²) in [6.45, 7) is 1.83. The SMILES string of the molecule is O=C(NCCc1ccc(C(F)(F)F)cc1)NCc1ccc(S(=O)(=O)N2CCOCC2)cc1. The van der Waals surface area contributed by atoms with Gasteiger partial charge in [-0.2, -0.15) is 17.5 Å². The number of sulfonamides is 1. The Balaban J connectivity index is 1.43. The molecule has 0 radical (unpaired) electrons. The van der Waals surface area contributed by atoms with Crippen LogP contribution < -0.4 is 10.6 Å². The van der Waals surface area contributed by atoms with Gasteiger partial charge in [-0.1, -0.05) is 24.3 Å². The van der Waals surface area contributed by atoms with E-state index in [2.05, 4.69) is 10.6 Å². The molecule has 1 aliphatic rings. The van der Waals surface area contributed by atoms with Crippen molar-refractivity contribution < 1.29 is 31.1 Å². The molecule has 1 saturated heterocycles. The topological polar surface area (TPSA) is 87.7 Å². The van der Waals surface area contributed by atoms with Gasteiger partial charge in [0.2, 0.25) is 10.0 Å². The van der Waals surface area contributed by atoms with Gasteiger partial charge in [-0.15, -0.1) is 0 Å². The van der Waals surface area contributed by atoms with Crippen LogP contribution in [0.5, 0.6) is 0 Å². The zero-order valence-electron chi connectivity index (χ0n) is 17.2. The minimum atomic E-state index is -4.37. The minimum Gasteiger partial charge on any atom is -0.379 e. The lowest BCUT2D eigenvalue weighted by Gasteiger charge is -2.26. The second-order valence-corrected chi connectivity index (χ2v) is 9.15. The van der Waals surface area contributed by atoms with Crippen LogP contribution in [-0.2, 0) is 33.9 Å². The van der Waals surface area contributed by atoms with Crippen LogP contribution in [0.25, 0.3) is 0 Å². The molecule has 0 aromatic heterocycles. The van der Waals surface area contributed by atoms with Crippen LogP contribution >= 0.6 is 0 Å². The summed E-state index contributed by atoms with van der Waals surface area (Å²) in [5.41, 5.74) is 0.690. The van der Waals surface area contributed by atoms with Crippen molar-refractivity contribution >= 4 is 16.1 Å². The number of morpholine rings is 1. The number of amides is 2. The van der Waals surface area contributed by atoms with E-state index in [0.29, 0.717) is 38.3 Å². The number of nitrogens with zero attached hydrogens (tertiary/aromatic N) is 1. The monoisotopic (exact) mass is 471 g/mol. The summed E-state index contributed by atoms with van der Waals surface area (Å²) in [4.78, 5) is 12.1. The summed E-state index contributed by atoms with van der Waals surface area (Å²) < 4.78 is 69.5. The van der Waals surface area contributed by atoms with E-state index in [1.807, 2.05) is 0 Å². The summed E-state index contributed by atoms with van der Waals surface area (Å²) in [7, 11) is -3.57. The predicted molar refractivity (Wildman–Crippen MR) is 111 cm³/mol. The third-order valence-electron chi connectivity index (χ3n) is 4.96. The fourth-order valence-electron chi connectivity index (χ4n) is 3.14. The number of benzene rings is 2. The van der Waals surface area contributed by atoms with Gasteiger partial charge in [0, 0.05) is 26.2 Å². The van der Waals surface area contributed by atoms with E-state index in [-0.39, 0.29) is 18.0 Å². The van der Waals surface area contributed by atoms with Crippen molar-refractivity contribution in [3.8, 4) is 0 Å². The van der Waals surface area contributed by atoms with E-state index in [1.165, 1.54) is 28.6 Å². The predicted octanol–water partition coefficient (Wildman–Crippen LogP) is 2.77. The van der Waals surface area contributed by atoms with Gasteiger partial charge in [-0.3, -0.25) is 0 Å². The fourth-order valence-corrected chi connectivity index (χ4v) is 4.55. The molecule has 3 rings (SSSR count). The van der Waals surface area contributed by atoms with Gasteiger partial charge in [0.1, 0.15) is 0 Å². The molecule has 0 aliphatic carbocycles. The number of hydrogen-bond acceptors (Lipinski definition) is 4. The second-order valence-electron chi connectivity index (χ2n) is 7.21. The van der Waals surface area contributed by atoms with Crippen molar-refractivity contribution in [2.45, 2.75) is 24.0 Å². The molecule has 32 heavy (non-hydrogen) atoms. The largest absolute Gasteiger partial charge is 0.416 e.